The molecule has 0 amide bonds. The molecular formula is C9H8INO. The molecule has 1 N–H and O–H groups in total. The standard InChI is InChI=1S/C9H8INO/c1-6-4-7-2-3-8(10)5-9(7)11(6)12/h2-3,5,12H,1,4H2. The Kier molecular flexibility index (Phi) is 1.84. The normalized spacial score (nSPS) is 15.2. The van der Waals surface area contributed by atoms with Gasteiger partial charge in [-0.15, -0.1) is 0 Å². The van der Waals surface area contributed by atoms with Crippen LogP contribution in [0, 0.1) is 3.57 Å². The van der Waals surface area contributed by atoms with Gasteiger partial charge in [0.25, 0.3) is 0 Å². The Morgan fingerprint density at radius 1 is 1.50 bits per heavy atom. The van der Waals surface area contributed by atoms with Gasteiger partial charge in [-0.2, -0.15) is 0 Å². The van der Waals surface area contributed by atoms with E-state index in [-0.39, 0.29) is 0 Å². The zero-order valence-electron chi connectivity index (χ0n) is 6.42. The van der Waals surface area contributed by atoms with Crippen molar-refractivity contribution in [3.05, 3.63) is 39.6 Å². The quantitative estimate of drug-likeness (QED) is 0.734. The molecule has 0 atom stereocenters. The van der Waals surface area contributed by atoms with Crippen molar-refractivity contribution in [1.29, 1.82) is 0 Å². The van der Waals surface area contributed by atoms with Crippen molar-refractivity contribution >= 4 is 28.3 Å². The Bertz CT molecular complexity index is 348. The number of anilines is 1. The first kappa shape index (κ1) is 8.07. The number of nitrogens with zero attached hydrogens (tertiary/aromatic N) is 1. The predicted octanol–water partition coefficient (Wildman–Crippen LogP) is 2.56. The monoisotopic (exact) mass is 273 g/mol. The lowest BCUT2D eigenvalue weighted by molar-refractivity contribution is 0.288. The SMILES string of the molecule is C=C1Cc2ccc(I)cc2N1O. The maximum Gasteiger partial charge on any atom is 0.0735 e. The summed E-state index contributed by atoms with van der Waals surface area (Å²) in [4.78, 5) is 0. The first-order chi connectivity index (χ1) is 5.68. The van der Waals surface area contributed by atoms with Gasteiger partial charge < -0.3 is 0 Å². The summed E-state index contributed by atoms with van der Waals surface area (Å²) in [7, 11) is 0. The first-order valence-electron chi connectivity index (χ1n) is 3.63. The van der Waals surface area contributed by atoms with Gasteiger partial charge in [0.1, 0.15) is 0 Å². The number of hydroxylamine groups is 1. The molecule has 1 aromatic carbocycles. The van der Waals surface area contributed by atoms with Gasteiger partial charge in [0.05, 0.1) is 5.69 Å². The molecule has 0 saturated carbocycles. The fourth-order valence-electron chi connectivity index (χ4n) is 1.35. The van der Waals surface area contributed by atoms with Crippen molar-refractivity contribution < 1.29 is 5.21 Å². The van der Waals surface area contributed by atoms with Gasteiger partial charge in [0.2, 0.25) is 0 Å². The lowest BCUT2D eigenvalue weighted by Gasteiger charge is -2.10. The summed E-state index contributed by atoms with van der Waals surface area (Å²) in [5, 5.41) is 10.7. The Labute approximate surface area is 84.6 Å². The van der Waals surface area contributed by atoms with E-state index in [1.165, 1.54) is 0 Å². The fraction of sp³-hybridized carbons (Fsp3) is 0.111. The molecule has 0 fully saturated rings. The van der Waals surface area contributed by atoms with Gasteiger partial charge in [-0.1, -0.05) is 12.6 Å². The molecule has 2 rings (SSSR count). The molecule has 0 aliphatic carbocycles. The fourth-order valence-corrected chi connectivity index (χ4v) is 1.82. The van der Waals surface area contributed by atoms with E-state index in [0.717, 1.165) is 32.0 Å². The molecule has 3 heteroatoms. The highest BCUT2D eigenvalue weighted by molar-refractivity contribution is 14.1. The summed E-state index contributed by atoms with van der Waals surface area (Å²) in [6.45, 7) is 3.75. The van der Waals surface area contributed by atoms with Crippen molar-refractivity contribution in [2.45, 2.75) is 6.42 Å². The lowest BCUT2D eigenvalue weighted by atomic mass is 10.2. The predicted molar refractivity (Wildman–Crippen MR) is 56.3 cm³/mol. The van der Waals surface area contributed by atoms with Crippen LogP contribution in [0.5, 0.6) is 0 Å². The molecule has 1 aliphatic rings. The van der Waals surface area contributed by atoms with Crippen LogP contribution in [0.4, 0.5) is 5.69 Å². The molecule has 1 aliphatic heterocycles. The van der Waals surface area contributed by atoms with Crippen molar-refractivity contribution in [2.75, 3.05) is 5.06 Å². The van der Waals surface area contributed by atoms with Crippen LogP contribution in [0.2, 0.25) is 0 Å². The van der Waals surface area contributed by atoms with Crippen LogP contribution in [0.1, 0.15) is 5.56 Å². The number of hydrogen-bond donors (Lipinski definition) is 1. The minimum Gasteiger partial charge on any atom is -0.284 e. The molecule has 0 unspecified atom stereocenters. The van der Waals surface area contributed by atoms with Crippen molar-refractivity contribution in [1.82, 2.24) is 0 Å². The molecule has 0 aromatic heterocycles. The van der Waals surface area contributed by atoms with E-state index in [1.807, 2.05) is 18.2 Å². The van der Waals surface area contributed by atoms with Crippen LogP contribution in [0.25, 0.3) is 0 Å². The summed E-state index contributed by atoms with van der Waals surface area (Å²) in [5.74, 6) is 0. The van der Waals surface area contributed by atoms with Gasteiger partial charge in [0, 0.05) is 15.7 Å². The smallest absolute Gasteiger partial charge is 0.0735 e. The molecule has 0 saturated heterocycles. The summed E-state index contributed by atoms with van der Waals surface area (Å²) in [6.07, 6.45) is 0.753. The number of rotatable bonds is 0. The van der Waals surface area contributed by atoms with Gasteiger partial charge in [-0.3, -0.25) is 5.21 Å². The van der Waals surface area contributed by atoms with E-state index in [0.29, 0.717) is 0 Å². The van der Waals surface area contributed by atoms with E-state index in [1.54, 1.807) is 0 Å². The highest BCUT2D eigenvalue weighted by Gasteiger charge is 2.20. The van der Waals surface area contributed by atoms with Crippen molar-refractivity contribution in [3.63, 3.8) is 0 Å². The second kappa shape index (κ2) is 2.74. The Morgan fingerprint density at radius 3 is 3.00 bits per heavy atom. The third-order valence-corrected chi connectivity index (χ3v) is 2.64. The van der Waals surface area contributed by atoms with E-state index in [9.17, 15) is 5.21 Å². The van der Waals surface area contributed by atoms with Gasteiger partial charge in [0.15, 0.2) is 0 Å². The van der Waals surface area contributed by atoms with E-state index >= 15 is 0 Å². The third kappa shape index (κ3) is 1.13. The number of halogens is 1. The molecular weight excluding hydrogens is 265 g/mol. The highest BCUT2D eigenvalue weighted by atomic mass is 127. The van der Waals surface area contributed by atoms with Crippen LogP contribution in [0.15, 0.2) is 30.5 Å². The number of hydrogen-bond acceptors (Lipinski definition) is 2. The molecule has 0 radical (unpaired) electrons. The van der Waals surface area contributed by atoms with Crippen molar-refractivity contribution in [2.24, 2.45) is 0 Å². The molecule has 1 heterocycles. The lowest BCUT2D eigenvalue weighted by Crippen LogP contribution is -2.10. The zero-order valence-corrected chi connectivity index (χ0v) is 8.58. The minimum atomic E-state index is 0.743. The third-order valence-electron chi connectivity index (χ3n) is 1.97. The second-order valence-corrected chi connectivity index (χ2v) is 4.07. The Hall–Kier alpha value is -0.550. The average molecular weight is 273 g/mol. The number of fused-ring (bicyclic) bond motifs is 1. The molecule has 0 bridgehead atoms. The summed E-state index contributed by atoms with van der Waals surface area (Å²) in [5.41, 5.74) is 2.75. The molecule has 2 nitrogen and oxygen atoms in total. The van der Waals surface area contributed by atoms with E-state index in [2.05, 4.69) is 29.2 Å². The van der Waals surface area contributed by atoms with Gasteiger partial charge in [-0.05, 0) is 40.3 Å². The van der Waals surface area contributed by atoms with E-state index in [4.69, 9.17) is 0 Å². The molecule has 12 heavy (non-hydrogen) atoms. The number of benzene rings is 1. The van der Waals surface area contributed by atoms with Crippen LogP contribution < -0.4 is 5.06 Å². The zero-order chi connectivity index (χ0) is 8.72. The molecule has 62 valence electrons. The van der Waals surface area contributed by atoms with E-state index < -0.39 is 0 Å². The van der Waals surface area contributed by atoms with Crippen LogP contribution in [0.3, 0.4) is 0 Å². The Morgan fingerprint density at radius 2 is 2.25 bits per heavy atom. The molecule has 0 spiro atoms. The van der Waals surface area contributed by atoms with Crippen LogP contribution in [-0.4, -0.2) is 5.21 Å². The maximum atomic E-state index is 9.50. The summed E-state index contributed by atoms with van der Waals surface area (Å²) < 4.78 is 1.13. The summed E-state index contributed by atoms with van der Waals surface area (Å²) in [6, 6.07) is 6.01. The Balaban J connectivity index is 2.55. The van der Waals surface area contributed by atoms with Crippen LogP contribution in [-0.2, 0) is 6.42 Å². The van der Waals surface area contributed by atoms with Gasteiger partial charge >= 0.3 is 0 Å². The minimum absolute atomic E-state index is 0.743. The topological polar surface area (TPSA) is 23.5 Å². The largest absolute Gasteiger partial charge is 0.284 e. The highest BCUT2D eigenvalue weighted by Crippen LogP contribution is 2.32. The number of allylic oxidation sites excluding steroid dienone is 1. The van der Waals surface area contributed by atoms with Gasteiger partial charge in [-0.25, -0.2) is 5.06 Å². The first-order valence-corrected chi connectivity index (χ1v) is 4.71. The second-order valence-electron chi connectivity index (χ2n) is 2.83. The summed E-state index contributed by atoms with van der Waals surface area (Å²) >= 11 is 2.22. The molecule has 1 aromatic rings. The van der Waals surface area contributed by atoms with Crippen LogP contribution >= 0.6 is 22.6 Å². The van der Waals surface area contributed by atoms with Crippen molar-refractivity contribution in [3.8, 4) is 0 Å². The average Bonchev–Trinajstić information content (AvgIpc) is 2.31. The maximum absolute atomic E-state index is 9.50.